The molecule has 2 N–H and O–H groups in total. The minimum Gasteiger partial charge on any atom is -0.461 e. The summed E-state index contributed by atoms with van der Waals surface area (Å²) in [7, 11) is 0. The largest absolute Gasteiger partial charge is 0.461 e. The normalized spacial score (nSPS) is 19.3. The van der Waals surface area contributed by atoms with Crippen LogP contribution in [0.1, 0.15) is 12.8 Å². The minimum absolute atomic E-state index is 0.226. The second-order valence-corrected chi connectivity index (χ2v) is 9.78. The fraction of sp³-hybridized carbons (Fsp3) is 0.417. The highest BCUT2D eigenvalue weighted by molar-refractivity contribution is 6.30. The van der Waals surface area contributed by atoms with Crippen molar-refractivity contribution < 1.29 is 8.81 Å². The van der Waals surface area contributed by atoms with Crippen molar-refractivity contribution in [2.45, 2.75) is 12.8 Å². The number of aromatic nitrogens is 5. The van der Waals surface area contributed by atoms with Gasteiger partial charge < -0.3 is 20.0 Å². The van der Waals surface area contributed by atoms with Gasteiger partial charge in [0, 0.05) is 50.8 Å². The van der Waals surface area contributed by atoms with E-state index in [0.29, 0.717) is 39.9 Å². The van der Waals surface area contributed by atoms with E-state index < -0.39 is 0 Å². The van der Waals surface area contributed by atoms with Crippen LogP contribution in [0.2, 0.25) is 5.02 Å². The van der Waals surface area contributed by atoms with Crippen molar-refractivity contribution in [3.05, 3.63) is 47.4 Å². The monoisotopic (exact) mass is 511 g/mol. The Kier molecular flexibility index (Phi) is 6.10. The van der Waals surface area contributed by atoms with Crippen molar-refractivity contribution in [3.63, 3.8) is 0 Å². The lowest BCUT2D eigenvalue weighted by molar-refractivity contribution is 0.205. The summed E-state index contributed by atoms with van der Waals surface area (Å²) in [6, 6.07) is 8.30. The minimum atomic E-state index is -0.226. The highest BCUT2D eigenvalue weighted by Crippen LogP contribution is 2.27. The smallest absolute Gasteiger partial charge is 0.259 e. The molecule has 0 saturated carbocycles. The van der Waals surface area contributed by atoms with Crippen LogP contribution in [0.3, 0.4) is 0 Å². The lowest BCUT2D eigenvalue weighted by atomic mass is 9.97. The number of rotatable bonds is 5. The van der Waals surface area contributed by atoms with E-state index in [2.05, 4.69) is 34.8 Å². The number of nitrogen functional groups attached to an aromatic ring is 1. The number of anilines is 3. The van der Waals surface area contributed by atoms with Gasteiger partial charge >= 0.3 is 0 Å². The van der Waals surface area contributed by atoms with Gasteiger partial charge in [0.05, 0.1) is 12.0 Å². The van der Waals surface area contributed by atoms with E-state index in [-0.39, 0.29) is 11.8 Å². The molecule has 36 heavy (non-hydrogen) atoms. The summed E-state index contributed by atoms with van der Waals surface area (Å²) in [4.78, 5) is 20.4. The lowest BCUT2D eigenvalue weighted by Gasteiger charge is -2.40. The topological polar surface area (TPSA) is 105 Å². The molecule has 2 fully saturated rings. The Hall–Kier alpha value is -3.44. The zero-order valence-electron chi connectivity index (χ0n) is 19.7. The second kappa shape index (κ2) is 9.55. The van der Waals surface area contributed by atoms with Gasteiger partial charge in [-0.3, -0.25) is 4.90 Å². The Morgan fingerprint density at radius 1 is 1.06 bits per heavy atom. The Balaban J connectivity index is 1.10. The van der Waals surface area contributed by atoms with E-state index in [1.165, 1.54) is 10.6 Å². The molecule has 188 valence electrons. The van der Waals surface area contributed by atoms with Crippen molar-refractivity contribution in [1.82, 2.24) is 29.5 Å². The molecular weight excluding hydrogens is 485 g/mol. The van der Waals surface area contributed by atoms with Gasteiger partial charge in [-0.05, 0) is 49.1 Å². The van der Waals surface area contributed by atoms with E-state index in [4.69, 9.17) is 21.8 Å². The summed E-state index contributed by atoms with van der Waals surface area (Å²) in [5.41, 5.74) is 6.78. The Morgan fingerprint density at radius 2 is 1.92 bits per heavy atom. The molecule has 1 aromatic carbocycles. The molecule has 1 atom stereocenters. The average molecular weight is 512 g/mol. The number of benzene rings is 1. The van der Waals surface area contributed by atoms with Crippen molar-refractivity contribution >= 4 is 35.0 Å². The number of nitrogens with two attached hydrogens (primary N) is 1. The summed E-state index contributed by atoms with van der Waals surface area (Å²) < 4.78 is 21.1. The quantitative estimate of drug-likeness (QED) is 0.432. The Bertz CT molecular complexity index is 1350. The second-order valence-electron chi connectivity index (χ2n) is 9.34. The van der Waals surface area contributed by atoms with Crippen LogP contribution in [0.4, 0.5) is 22.0 Å². The molecule has 2 saturated heterocycles. The first kappa shape index (κ1) is 23.0. The summed E-state index contributed by atoms with van der Waals surface area (Å²) in [5, 5.41) is 4.93. The number of nitrogens with zero attached hydrogens (tertiary/aromatic N) is 8. The predicted octanol–water partition coefficient (Wildman–Crippen LogP) is 3.19. The molecule has 3 aromatic heterocycles. The SMILES string of the molecule is Nc1nc(N2CCCC(CN3CCN(c4cc(Cl)ccc4F)CC3)C2)nc2nc(-c3ccco3)nn12. The molecule has 2 aliphatic heterocycles. The van der Waals surface area contributed by atoms with Crippen LogP contribution in [0.25, 0.3) is 17.4 Å². The van der Waals surface area contributed by atoms with Crippen LogP contribution in [0.5, 0.6) is 0 Å². The number of hydrogen-bond donors (Lipinski definition) is 1. The van der Waals surface area contributed by atoms with E-state index >= 15 is 0 Å². The number of piperidine rings is 1. The van der Waals surface area contributed by atoms with Crippen molar-refractivity contribution in [3.8, 4) is 11.6 Å². The van der Waals surface area contributed by atoms with Gasteiger partial charge in [0.25, 0.3) is 5.78 Å². The van der Waals surface area contributed by atoms with Gasteiger partial charge in [0.1, 0.15) is 5.82 Å². The fourth-order valence-corrected chi connectivity index (χ4v) is 5.27. The highest BCUT2D eigenvalue weighted by atomic mass is 35.5. The van der Waals surface area contributed by atoms with Crippen molar-refractivity contribution in [2.24, 2.45) is 5.92 Å². The Morgan fingerprint density at radius 3 is 2.72 bits per heavy atom. The zero-order valence-corrected chi connectivity index (χ0v) is 20.5. The number of fused-ring (bicyclic) bond motifs is 1. The molecule has 0 radical (unpaired) electrons. The Labute approximate surface area is 212 Å². The first-order valence-corrected chi connectivity index (χ1v) is 12.5. The van der Waals surface area contributed by atoms with Crippen LogP contribution in [-0.2, 0) is 0 Å². The fourth-order valence-electron chi connectivity index (χ4n) is 5.11. The van der Waals surface area contributed by atoms with Crippen LogP contribution in [0, 0.1) is 11.7 Å². The molecule has 12 heteroatoms. The lowest BCUT2D eigenvalue weighted by Crippen LogP contribution is -2.50. The van der Waals surface area contributed by atoms with Crippen molar-refractivity contribution in [2.75, 3.05) is 61.3 Å². The summed E-state index contributed by atoms with van der Waals surface area (Å²) in [5.74, 6) is 2.44. The van der Waals surface area contributed by atoms with Gasteiger partial charge in [-0.25, -0.2) is 4.39 Å². The number of piperazine rings is 1. The molecule has 6 rings (SSSR count). The highest BCUT2D eigenvalue weighted by Gasteiger charge is 2.27. The van der Waals surface area contributed by atoms with Crippen molar-refractivity contribution in [1.29, 1.82) is 0 Å². The van der Waals surface area contributed by atoms with E-state index in [0.717, 1.165) is 58.7 Å². The van der Waals surface area contributed by atoms with Gasteiger partial charge in [0.2, 0.25) is 17.7 Å². The molecule has 2 aliphatic rings. The molecule has 0 aliphatic carbocycles. The molecule has 5 heterocycles. The predicted molar refractivity (Wildman–Crippen MR) is 136 cm³/mol. The molecule has 1 unspecified atom stereocenters. The third-order valence-corrected chi connectivity index (χ3v) is 7.14. The molecule has 0 amide bonds. The molecule has 0 bridgehead atoms. The zero-order chi connectivity index (χ0) is 24.6. The van der Waals surface area contributed by atoms with Crippen LogP contribution in [0.15, 0.2) is 41.0 Å². The molecule has 0 spiro atoms. The van der Waals surface area contributed by atoms with Gasteiger partial charge in [0.15, 0.2) is 5.76 Å². The van der Waals surface area contributed by atoms with Crippen LogP contribution >= 0.6 is 11.6 Å². The van der Waals surface area contributed by atoms with E-state index in [1.807, 2.05) is 0 Å². The average Bonchev–Trinajstić information content (AvgIpc) is 3.57. The standard InChI is InChI=1S/C24H27ClFN9O/c25-17-5-6-18(26)19(13-17)33-10-8-32(9-11-33)14-16-3-1-7-34(15-16)23-29-22(27)35-24(30-23)28-21(31-35)20-4-2-12-36-20/h2,4-6,12-13,16H,1,3,7-11,14-15H2,(H2,27,28,29,30,31). The maximum Gasteiger partial charge on any atom is 0.259 e. The summed E-state index contributed by atoms with van der Waals surface area (Å²) in [6.07, 6.45) is 3.77. The first-order valence-electron chi connectivity index (χ1n) is 12.1. The molecular formula is C24H27ClFN9O. The summed E-state index contributed by atoms with van der Waals surface area (Å²) >= 11 is 6.08. The van der Waals surface area contributed by atoms with E-state index in [9.17, 15) is 4.39 Å². The molecule has 4 aromatic rings. The third-order valence-electron chi connectivity index (χ3n) is 6.90. The maximum atomic E-state index is 14.3. The number of furan rings is 1. The maximum absolute atomic E-state index is 14.3. The van der Waals surface area contributed by atoms with Gasteiger partial charge in [-0.1, -0.05) is 11.6 Å². The number of halogens is 2. The summed E-state index contributed by atoms with van der Waals surface area (Å²) in [6.45, 7) is 6.00. The number of hydrogen-bond acceptors (Lipinski definition) is 9. The van der Waals surface area contributed by atoms with Crippen LogP contribution < -0.4 is 15.5 Å². The van der Waals surface area contributed by atoms with Gasteiger partial charge in [-0.2, -0.15) is 19.5 Å². The molecule has 10 nitrogen and oxygen atoms in total. The first-order chi connectivity index (χ1) is 17.5. The van der Waals surface area contributed by atoms with Crippen LogP contribution in [-0.4, -0.2) is 75.3 Å². The van der Waals surface area contributed by atoms with E-state index in [1.54, 1.807) is 30.5 Å². The van der Waals surface area contributed by atoms with Gasteiger partial charge in [-0.15, -0.1) is 5.10 Å². The third kappa shape index (κ3) is 4.56.